The van der Waals surface area contributed by atoms with Crippen LogP contribution in [0.15, 0.2) is 18.2 Å². The highest BCUT2D eigenvalue weighted by Crippen LogP contribution is 2.26. The first-order chi connectivity index (χ1) is 7.13. The fourth-order valence-corrected chi connectivity index (χ4v) is 1.89. The van der Waals surface area contributed by atoms with Crippen molar-refractivity contribution in [1.29, 1.82) is 0 Å². The summed E-state index contributed by atoms with van der Waals surface area (Å²) in [5.41, 5.74) is 1.67. The summed E-state index contributed by atoms with van der Waals surface area (Å²) < 4.78 is 5.31. The predicted molar refractivity (Wildman–Crippen MR) is 59.3 cm³/mol. The molecule has 2 rings (SSSR count). The molecule has 0 atom stereocenters. The van der Waals surface area contributed by atoms with Crippen LogP contribution in [0.1, 0.15) is 11.1 Å². The van der Waals surface area contributed by atoms with E-state index >= 15 is 0 Å². The third kappa shape index (κ3) is 2.13. The monoisotopic (exact) mass is 207 g/mol. The molecule has 2 N–H and O–H groups in total. The quantitative estimate of drug-likeness (QED) is 0.773. The second kappa shape index (κ2) is 3.83. The summed E-state index contributed by atoms with van der Waals surface area (Å²) in [7, 11) is 1.67. The van der Waals surface area contributed by atoms with Crippen molar-refractivity contribution in [2.75, 3.05) is 20.2 Å². The molecule has 1 heterocycles. The van der Waals surface area contributed by atoms with Gasteiger partial charge in [-0.25, -0.2) is 0 Å². The van der Waals surface area contributed by atoms with Crippen LogP contribution in [0.4, 0.5) is 0 Å². The molecule has 3 nitrogen and oxygen atoms in total. The van der Waals surface area contributed by atoms with Gasteiger partial charge in [-0.1, -0.05) is 12.1 Å². The van der Waals surface area contributed by atoms with E-state index in [4.69, 9.17) is 4.74 Å². The number of aliphatic hydroxyl groups is 1. The molecule has 0 unspecified atom stereocenters. The third-order valence-corrected chi connectivity index (χ3v) is 2.87. The van der Waals surface area contributed by atoms with Gasteiger partial charge in [-0.3, -0.25) is 0 Å². The first kappa shape index (κ1) is 10.5. The Morgan fingerprint density at radius 2 is 2.20 bits per heavy atom. The fraction of sp³-hybridized carbons (Fsp3) is 0.500. The number of hydrogen-bond donors (Lipinski definition) is 2. The average molecular weight is 207 g/mol. The largest absolute Gasteiger partial charge is 0.496 e. The number of aryl methyl sites for hydroxylation is 1. The molecule has 1 fully saturated rings. The molecule has 1 aliphatic rings. The molecule has 0 amide bonds. The van der Waals surface area contributed by atoms with Gasteiger partial charge in [0.1, 0.15) is 5.75 Å². The number of nitrogens with one attached hydrogen (secondary N) is 1. The molecular weight excluding hydrogens is 190 g/mol. The summed E-state index contributed by atoms with van der Waals surface area (Å²) in [6, 6.07) is 6.09. The lowest BCUT2D eigenvalue weighted by atomic mass is 9.88. The number of rotatable bonds is 3. The molecule has 0 aliphatic carbocycles. The Morgan fingerprint density at radius 1 is 1.47 bits per heavy atom. The molecule has 0 spiro atoms. The van der Waals surface area contributed by atoms with Crippen LogP contribution in [0.25, 0.3) is 0 Å². The minimum atomic E-state index is -0.581. The van der Waals surface area contributed by atoms with Gasteiger partial charge < -0.3 is 15.2 Å². The minimum Gasteiger partial charge on any atom is -0.496 e. The Kier molecular flexibility index (Phi) is 2.67. The van der Waals surface area contributed by atoms with E-state index in [1.807, 2.05) is 25.1 Å². The highest BCUT2D eigenvalue weighted by molar-refractivity contribution is 5.38. The zero-order valence-corrected chi connectivity index (χ0v) is 9.21. The molecule has 1 aromatic carbocycles. The maximum Gasteiger partial charge on any atom is 0.122 e. The summed E-state index contributed by atoms with van der Waals surface area (Å²) in [5.74, 6) is 0.871. The summed E-state index contributed by atoms with van der Waals surface area (Å²) >= 11 is 0. The van der Waals surface area contributed by atoms with Crippen LogP contribution >= 0.6 is 0 Å². The number of methoxy groups -OCH3 is 1. The average Bonchev–Trinajstić information content (AvgIpc) is 2.18. The van der Waals surface area contributed by atoms with E-state index in [2.05, 4.69) is 5.32 Å². The molecule has 0 radical (unpaired) electrons. The van der Waals surface area contributed by atoms with E-state index in [9.17, 15) is 5.11 Å². The minimum absolute atomic E-state index is 0.581. The lowest BCUT2D eigenvalue weighted by Gasteiger charge is -2.38. The normalized spacial score (nSPS) is 18.3. The smallest absolute Gasteiger partial charge is 0.122 e. The van der Waals surface area contributed by atoms with Crippen molar-refractivity contribution in [2.45, 2.75) is 18.9 Å². The number of benzene rings is 1. The number of ether oxygens (including phenoxy) is 1. The molecule has 15 heavy (non-hydrogen) atoms. The van der Waals surface area contributed by atoms with E-state index in [0.29, 0.717) is 19.5 Å². The summed E-state index contributed by atoms with van der Waals surface area (Å²) in [6.07, 6.45) is 0.656. The molecule has 0 aromatic heterocycles. The molecular formula is C12H17NO2. The second-order valence-electron chi connectivity index (χ2n) is 4.32. The van der Waals surface area contributed by atoms with Gasteiger partial charge in [-0.05, 0) is 24.1 Å². The second-order valence-corrected chi connectivity index (χ2v) is 4.32. The van der Waals surface area contributed by atoms with Crippen molar-refractivity contribution in [1.82, 2.24) is 5.32 Å². The van der Waals surface area contributed by atoms with Crippen molar-refractivity contribution >= 4 is 0 Å². The lowest BCUT2D eigenvalue weighted by Crippen LogP contribution is -2.60. The standard InChI is InChI=1S/C12H17NO2/c1-9-3-4-10(11(5-9)15-2)6-12(14)7-13-8-12/h3-5,13-14H,6-8H2,1-2H3. The van der Waals surface area contributed by atoms with Crippen LogP contribution in [0.2, 0.25) is 0 Å². The van der Waals surface area contributed by atoms with Gasteiger partial charge in [0.2, 0.25) is 0 Å². The zero-order chi connectivity index (χ0) is 10.9. The summed E-state index contributed by atoms with van der Waals surface area (Å²) in [6.45, 7) is 3.37. The SMILES string of the molecule is COc1cc(C)ccc1CC1(O)CNC1. The third-order valence-electron chi connectivity index (χ3n) is 2.87. The van der Waals surface area contributed by atoms with Crippen molar-refractivity contribution < 1.29 is 9.84 Å². The van der Waals surface area contributed by atoms with Crippen LogP contribution < -0.4 is 10.1 Å². The molecule has 3 heteroatoms. The van der Waals surface area contributed by atoms with Gasteiger partial charge >= 0.3 is 0 Å². The van der Waals surface area contributed by atoms with Gasteiger partial charge in [0.25, 0.3) is 0 Å². The predicted octanol–water partition coefficient (Wildman–Crippen LogP) is 0.880. The number of hydrogen-bond acceptors (Lipinski definition) is 3. The Bertz CT molecular complexity index is 359. The van der Waals surface area contributed by atoms with E-state index in [1.54, 1.807) is 7.11 Å². The molecule has 1 saturated heterocycles. The van der Waals surface area contributed by atoms with Gasteiger partial charge in [0.15, 0.2) is 0 Å². The fourth-order valence-electron chi connectivity index (χ4n) is 1.89. The van der Waals surface area contributed by atoms with E-state index in [-0.39, 0.29) is 0 Å². The first-order valence-electron chi connectivity index (χ1n) is 5.20. The van der Waals surface area contributed by atoms with Gasteiger partial charge in [-0.2, -0.15) is 0 Å². The zero-order valence-electron chi connectivity index (χ0n) is 9.21. The Morgan fingerprint density at radius 3 is 2.73 bits per heavy atom. The molecule has 1 aromatic rings. The van der Waals surface area contributed by atoms with E-state index in [0.717, 1.165) is 11.3 Å². The Labute approximate surface area is 90.1 Å². The van der Waals surface area contributed by atoms with Crippen molar-refractivity contribution in [2.24, 2.45) is 0 Å². The summed E-state index contributed by atoms with van der Waals surface area (Å²) in [4.78, 5) is 0. The van der Waals surface area contributed by atoms with Crippen LogP contribution in [0, 0.1) is 6.92 Å². The molecule has 0 saturated carbocycles. The summed E-state index contributed by atoms with van der Waals surface area (Å²) in [5, 5.41) is 13.1. The number of β-amino-alcohol motifs (C(OH)–C–C–N with tert-alkyl or cyclic N) is 1. The van der Waals surface area contributed by atoms with Gasteiger partial charge in [-0.15, -0.1) is 0 Å². The maximum absolute atomic E-state index is 10.0. The van der Waals surface area contributed by atoms with E-state index < -0.39 is 5.60 Å². The van der Waals surface area contributed by atoms with Crippen molar-refractivity contribution in [3.63, 3.8) is 0 Å². The maximum atomic E-state index is 10.0. The van der Waals surface area contributed by atoms with E-state index in [1.165, 1.54) is 5.56 Å². The Hall–Kier alpha value is -1.06. The van der Waals surface area contributed by atoms with Crippen LogP contribution in [-0.4, -0.2) is 30.9 Å². The van der Waals surface area contributed by atoms with Gasteiger partial charge in [0, 0.05) is 19.5 Å². The van der Waals surface area contributed by atoms with Crippen molar-refractivity contribution in [3.8, 4) is 5.75 Å². The Balaban J connectivity index is 2.20. The van der Waals surface area contributed by atoms with Gasteiger partial charge in [0.05, 0.1) is 12.7 Å². The molecule has 82 valence electrons. The highest BCUT2D eigenvalue weighted by atomic mass is 16.5. The first-order valence-corrected chi connectivity index (χ1v) is 5.20. The van der Waals surface area contributed by atoms with Crippen LogP contribution in [0.3, 0.4) is 0 Å². The van der Waals surface area contributed by atoms with Crippen LogP contribution in [-0.2, 0) is 6.42 Å². The lowest BCUT2D eigenvalue weighted by molar-refractivity contribution is -0.00943. The van der Waals surface area contributed by atoms with Crippen molar-refractivity contribution in [3.05, 3.63) is 29.3 Å². The molecule has 1 aliphatic heterocycles. The highest BCUT2D eigenvalue weighted by Gasteiger charge is 2.34. The van der Waals surface area contributed by atoms with Crippen LogP contribution in [0.5, 0.6) is 5.75 Å². The molecule has 0 bridgehead atoms. The topological polar surface area (TPSA) is 41.5 Å².